The Bertz CT molecular complexity index is 569. The number of H-pyrrole nitrogens is 1. The zero-order chi connectivity index (χ0) is 11.4. The second-order valence-corrected chi connectivity index (χ2v) is 3.44. The van der Waals surface area contributed by atoms with Crippen molar-refractivity contribution in [1.82, 2.24) is 4.98 Å². The Kier molecular flexibility index (Phi) is 3.05. The molecule has 1 N–H and O–H groups in total. The summed E-state index contributed by atoms with van der Waals surface area (Å²) in [6.07, 6.45) is 4.41. The molecule has 0 atom stereocenters. The fourth-order valence-corrected chi connectivity index (χ4v) is 1.49. The van der Waals surface area contributed by atoms with Crippen LogP contribution < -0.4 is 10.3 Å². The molecule has 0 spiro atoms. The molecule has 16 heavy (non-hydrogen) atoms. The minimum Gasteiger partial charge on any atom is -0.464 e. The number of hydrogen-bond acceptors (Lipinski definition) is 2. The van der Waals surface area contributed by atoms with Crippen LogP contribution in [0.2, 0.25) is 0 Å². The van der Waals surface area contributed by atoms with Gasteiger partial charge in [-0.15, -0.1) is 0 Å². The first kappa shape index (κ1) is 10.5. The van der Waals surface area contributed by atoms with Crippen LogP contribution in [0.25, 0.3) is 10.9 Å². The molecule has 3 nitrogen and oxygen atoms in total. The van der Waals surface area contributed by atoms with E-state index in [1.807, 2.05) is 37.3 Å². The van der Waals surface area contributed by atoms with Crippen LogP contribution in [0.4, 0.5) is 0 Å². The van der Waals surface area contributed by atoms with Gasteiger partial charge >= 0.3 is 0 Å². The van der Waals surface area contributed by atoms with E-state index in [9.17, 15) is 4.79 Å². The molecule has 1 heterocycles. The Morgan fingerprint density at radius 1 is 1.38 bits per heavy atom. The smallest absolute Gasteiger partial charge is 0.252 e. The molecule has 82 valence electrons. The molecular weight excluding hydrogens is 202 g/mol. The maximum absolute atomic E-state index is 11.4. The lowest BCUT2D eigenvalue weighted by molar-refractivity contribution is 0.484. The van der Waals surface area contributed by atoms with Gasteiger partial charge < -0.3 is 9.72 Å². The van der Waals surface area contributed by atoms with Crippen molar-refractivity contribution in [3.8, 4) is 5.75 Å². The number of allylic oxidation sites excluding steroid dienone is 1. The van der Waals surface area contributed by atoms with Gasteiger partial charge in [0, 0.05) is 11.5 Å². The summed E-state index contributed by atoms with van der Waals surface area (Å²) in [6, 6.07) is 9.02. The molecule has 1 aromatic carbocycles. The SMILES string of the molecule is CCC=COc1cc(=O)[nH]c2ccccc12. The van der Waals surface area contributed by atoms with Crippen LogP contribution in [-0.4, -0.2) is 4.98 Å². The standard InChI is InChI=1S/C13H13NO2/c1-2-3-8-16-12-9-13(15)14-11-7-5-4-6-10(11)12/h3-9H,2H2,1H3,(H,14,15). The van der Waals surface area contributed by atoms with E-state index >= 15 is 0 Å². The zero-order valence-electron chi connectivity index (χ0n) is 9.07. The predicted octanol–water partition coefficient (Wildman–Crippen LogP) is 2.83. The third-order valence-electron chi connectivity index (χ3n) is 2.24. The fraction of sp³-hybridized carbons (Fsp3) is 0.154. The van der Waals surface area contributed by atoms with Crippen LogP contribution in [0.3, 0.4) is 0 Å². The molecule has 0 saturated carbocycles. The minimum absolute atomic E-state index is 0.154. The highest BCUT2D eigenvalue weighted by molar-refractivity contribution is 5.84. The Morgan fingerprint density at radius 2 is 2.19 bits per heavy atom. The second-order valence-electron chi connectivity index (χ2n) is 3.44. The van der Waals surface area contributed by atoms with Crippen molar-refractivity contribution in [3.05, 3.63) is 53.0 Å². The van der Waals surface area contributed by atoms with E-state index in [1.54, 1.807) is 6.26 Å². The molecule has 1 aromatic heterocycles. The van der Waals surface area contributed by atoms with Gasteiger partial charge in [0.25, 0.3) is 5.56 Å². The topological polar surface area (TPSA) is 42.1 Å². The fourth-order valence-electron chi connectivity index (χ4n) is 1.49. The van der Waals surface area contributed by atoms with Crippen LogP contribution in [0.15, 0.2) is 47.5 Å². The molecule has 3 heteroatoms. The molecule has 0 amide bonds. The zero-order valence-corrected chi connectivity index (χ0v) is 9.07. The molecule has 0 bridgehead atoms. The molecule has 0 unspecified atom stereocenters. The summed E-state index contributed by atoms with van der Waals surface area (Å²) in [5.74, 6) is 0.587. The van der Waals surface area contributed by atoms with Gasteiger partial charge in [-0.1, -0.05) is 19.1 Å². The van der Waals surface area contributed by atoms with Crippen LogP contribution in [0, 0.1) is 0 Å². The van der Waals surface area contributed by atoms with Gasteiger partial charge in [-0.3, -0.25) is 4.79 Å². The lowest BCUT2D eigenvalue weighted by Crippen LogP contribution is -2.04. The predicted molar refractivity (Wildman–Crippen MR) is 64.6 cm³/mol. The molecule has 0 aliphatic heterocycles. The van der Waals surface area contributed by atoms with E-state index in [0.717, 1.165) is 17.3 Å². The van der Waals surface area contributed by atoms with Crippen LogP contribution in [-0.2, 0) is 0 Å². The van der Waals surface area contributed by atoms with Gasteiger partial charge in [0.15, 0.2) is 0 Å². The molecular formula is C13H13NO2. The number of fused-ring (bicyclic) bond motifs is 1. The highest BCUT2D eigenvalue weighted by atomic mass is 16.5. The number of hydrogen-bond donors (Lipinski definition) is 1. The van der Waals surface area contributed by atoms with Crippen LogP contribution >= 0.6 is 0 Å². The normalized spacial score (nSPS) is 11.1. The maximum atomic E-state index is 11.4. The number of para-hydroxylation sites is 1. The molecule has 0 aliphatic carbocycles. The number of benzene rings is 1. The van der Waals surface area contributed by atoms with Crippen LogP contribution in [0.5, 0.6) is 5.75 Å². The first-order valence-corrected chi connectivity index (χ1v) is 5.25. The van der Waals surface area contributed by atoms with Gasteiger partial charge in [-0.25, -0.2) is 0 Å². The van der Waals surface area contributed by atoms with Gasteiger partial charge in [0.05, 0.1) is 11.8 Å². The van der Waals surface area contributed by atoms with E-state index < -0.39 is 0 Å². The number of ether oxygens (including phenoxy) is 1. The first-order valence-electron chi connectivity index (χ1n) is 5.25. The van der Waals surface area contributed by atoms with Crippen molar-refractivity contribution >= 4 is 10.9 Å². The van der Waals surface area contributed by atoms with Crippen molar-refractivity contribution in [2.75, 3.05) is 0 Å². The quantitative estimate of drug-likeness (QED) is 0.800. The third-order valence-corrected chi connectivity index (χ3v) is 2.24. The molecule has 0 fully saturated rings. The van der Waals surface area contributed by atoms with Crippen molar-refractivity contribution in [3.63, 3.8) is 0 Å². The maximum Gasteiger partial charge on any atom is 0.252 e. The average Bonchev–Trinajstić information content (AvgIpc) is 2.29. The Morgan fingerprint density at radius 3 is 3.00 bits per heavy atom. The van der Waals surface area contributed by atoms with E-state index in [-0.39, 0.29) is 5.56 Å². The van der Waals surface area contributed by atoms with Gasteiger partial charge in [0.1, 0.15) is 5.75 Å². The second kappa shape index (κ2) is 4.66. The molecule has 0 aliphatic rings. The van der Waals surface area contributed by atoms with Gasteiger partial charge in [-0.2, -0.15) is 0 Å². The summed E-state index contributed by atoms with van der Waals surface area (Å²) in [5, 5.41) is 0.905. The van der Waals surface area contributed by atoms with Gasteiger partial charge in [0.2, 0.25) is 0 Å². The summed E-state index contributed by atoms with van der Waals surface area (Å²) < 4.78 is 5.44. The van der Waals surface area contributed by atoms with E-state index in [0.29, 0.717) is 5.75 Å². The number of aromatic nitrogens is 1. The van der Waals surface area contributed by atoms with Crippen molar-refractivity contribution < 1.29 is 4.74 Å². The summed E-state index contributed by atoms with van der Waals surface area (Å²) in [6.45, 7) is 2.02. The van der Waals surface area contributed by atoms with Crippen molar-refractivity contribution in [2.45, 2.75) is 13.3 Å². The molecule has 2 rings (SSSR count). The molecule has 2 aromatic rings. The molecule has 0 radical (unpaired) electrons. The van der Waals surface area contributed by atoms with E-state index in [4.69, 9.17) is 4.74 Å². The largest absolute Gasteiger partial charge is 0.464 e. The lowest BCUT2D eigenvalue weighted by atomic mass is 10.2. The van der Waals surface area contributed by atoms with E-state index in [2.05, 4.69) is 4.98 Å². The Hall–Kier alpha value is -2.03. The number of pyridine rings is 1. The van der Waals surface area contributed by atoms with Gasteiger partial charge in [-0.05, 0) is 24.6 Å². The third kappa shape index (κ3) is 2.14. The van der Waals surface area contributed by atoms with Crippen LogP contribution in [0.1, 0.15) is 13.3 Å². The van der Waals surface area contributed by atoms with Crippen molar-refractivity contribution in [2.24, 2.45) is 0 Å². The highest BCUT2D eigenvalue weighted by Gasteiger charge is 2.02. The lowest BCUT2D eigenvalue weighted by Gasteiger charge is -2.04. The summed E-state index contributed by atoms with van der Waals surface area (Å²) in [4.78, 5) is 14.1. The summed E-state index contributed by atoms with van der Waals surface area (Å²) in [7, 11) is 0. The first-order chi connectivity index (χ1) is 7.81. The number of nitrogens with one attached hydrogen (secondary N) is 1. The minimum atomic E-state index is -0.154. The summed E-state index contributed by atoms with van der Waals surface area (Å²) in [5.41, 5.74) is 0.633. The monoisotopic (exact) mass is 215 g/mol. The molecule has 0 saturated heterocycles. The number of aromatic amines is 1. The Labute approximate surface area is 93.4 Å². The summed E-state index contributed by atoms with van der Waals surface area (Å²) >= 11 is 0. The Balaban J connectivity index is 2.50. The van der Waals surface area contributed by atoms with Crippen molar-refractivity contribution in [1.29, 1.82) is 0 Å². The highest BCUT2D eigenvalue weighted by Crippen LogP contribution is 2.21. The number of rotatable bonds is 3. The average molecular weight is 215 g/mol. The van der Waals surface area contributed by atoms with E-state index in [1.165, 1.54) is 6.07 Å².